The topological polar surface area (TPSA) is 98.1 Å². The summed E-state index contributed by atoms with van der Waals surface area (Å²) in [4.78, 5) is 32.1. The molecule has 1 aliphatic heterocycles. The number of benzene rings is 2. The second-order valence-corrected chi connectivity index (χ2v) is 8.38. The Kier molecular flexibility index (Phi) is 5.43. The van der Waals surface area contributed by atoms with Gasteiger partial charge in [-0.3, -0.25) is 14.9 Å². The average molecular weight is 464 g/mol. The van der Waals surface area contributed by atoms with Gasteiger partial charge >= 0.3 is 0 Å². The van der Waals surface area contributed by atoms with Gasteiger partial charge in [0.05, 0.1) is 25.8 Å². The number of para-hydroxylation sites is 1. The van der Waals surface area contributed by atoms with E-state index in [1.54, 1.807) is 35.8 Å². The monoisotopic (exact) mass is 463 g/mol. The first kappa shape index (κ1) is 21.0. The van der Waals surface area contributed by atoms with Crippen molar-refractivity contribution in [3.63, 3.8) is 0 Å². The maximum Gasteiger partial charge on any atom is 0.250 e. The van der Waals surface area contributed by atoms with Crippen LogP contribution in [0.3, 0.4) is 0 Å². The summed E-state index contributed by atoms with van der Waals surface area (Å²) in [6, 6.07) is 14.8. The van der Waals surface area contributed by atoms with Gasteiger partial charge in [0.2, 0.25) is 22.7 Å². The quantitative estimate of drug-likeness (QED) is 0.470. The van der Waals surface area contributed by atoms with Crippen molar-refractivity contribution in [1.82, 2.24) is 14.6 Å². The van der Waals surface area contributed by atoms with Crippen LogP contribution < -0.4 is 19.7 Å². The highest BCUT2D eigenvalue weighted by Gasteiger charge is 2.35. The molecule has 1 aliphatic rings. The van der Waals surface area contributed by atoms with Crippen LogP contribution in [0.25, 0.3) is 16.2 Å². The SMILES string of the molecule is COc1ccc(N2CC(C(=O)Nc3nc4scc(-c5ccccc5OC)n4n3)CC2=O)cc1. The molecule has 2 aromatic carbocycles. The Morgan fingerprint density at radius 1 is 1.12 bits per heavy atom. The minimum absolute atomic E-state index is 0.0995. The van der Waals surface area contributed by atoms with Gasteiger partial charge in [-0.05, 0) is 36.4 Å². The molecule has 168 valence electrons. The van der Waals surface area contributed by atoms with E-state index in [4.69, 9.17) is 9.47 Å². The summed E-state index contributed by atoms with van der Waals surface area (Å²) in [6.07, 6.45) is 0.131. The summed E-state index contributed by atoms with van der Waals surface area (Å²) in [5.41, 5.74) is 2.44. The standard InChI is InChI=1S/C23H21N5O4S/c1-31-16-9-7-15(8-10-16)27-12-14(11-20(27)29)21(30)24-22-25-23-28(26-22)18(13-33-23)17-5-3-4-6-19(17)32-2/h3-10,13-14H,11-12H2,1-2H3,(H,24,26,30). The highest BCUT2D eigenvalue weighted by Crippen LogP contribution is 2.33. The number of methoxy groups -OCH3 is 2. The van der Waals surface area contributed by atoms with Crippen molar-refractivity contribution in [3.05, 3.63) is 53.9 Å². The lowest BCUT2D eigenvalue weighted by atomic mass is 10.1. The van der Waals surface area contributed by atoms with E-state index in [0.29, 0.717) is 17.3 Å². The number of hydrogen-bond acceptors (Lipinski definition) is 7. The largest absolute Gasteiger partial charge is 0.497 e. The fourth-order valence-corrected chi connectivity index (χ4v) is 4.71. The number of carbonyl (C=O) groups is 2. The minimum Gasteiger partial charge on any atom is -0.497 e. The zero-order chi connectivity index (χ0) is 22.9. The second-order valence-electron chi connectivity index (χ2n) is 7.54. The molecule has 0 saturated carbocycles. The Balaban J connectivity index is 1.32. The minimum atomic E-state index is -0.491. The van der Waals surface area contributed by atoms with Crippen LogP contribution in [0.15, 0.2) is 53.9 Å². The summed E-state index contributed by atoms with van der Waals surface area (Å²) in [5.74, 6) is 0.765. The number of fused-ring (bicyclic) bond motifs is 1. The van der Waals surface area contributed by atoms with Gasteiger partial charge in [0.1, 0.15) is 11.5 Å². The number of hydrogen-bond donors (Lipinski definition) is 1. The van der Waals surface area contributed by atoms with Crippen molar-refractivity contribution in [3.8, 4) is 22.8 Å². The molecule has 0 bridgehead atoms. The number of amides is 2. The van der Waals surface area contributed by atoms with Gasteiger partial charge in [0, 0.05) is 29.6 Å². The van der Waals surface area contributed by atoms with Gasteiger partial charge in [-0.15, -0.1) is 16.4 Å². The first-order chi connectivity index (χ1) is 16.1. The predicted octanol–water partition coefficient (Wildman–Crippen LogP) is 3.47. The van der Waals surface area contributed by atoms with Crippen molar-refractivity contribution < 1.29 is 19.1 Å². The number of rotatable bonds is 6. The molecule has 1 N–H and O–H groups in total. The lowest BCUT2D eigenvalue weighted by Gasteiger charge is -2.16. The summed E-state index contributed by atoms with van der Waals surface area (Å²) in [7, 11) is 3.21. The summed E-state index contributed by atoms with van der Waals surface area (Å²) >= 11 is 1.42. The maximum atomic E-state index is 12.9. The van der Waals surface area contributed by atoms with E-state index >= 15 is 0 Å². The summed E-state index contributed by atoms with van der Waals surface area (Å²) in [6.45, 7) is 0.297. The van der Waals surface area contributed by atoms with Crippen molar-refractivity contribution in [1.29, 1.82) is 0 Å². The molecule has 2 amide bonds. The van der Waals surface area contributed by atoms with Crippen molar-refractivity contribution >= 4 is 39.7 Å². The molecule has 9 nitrogen and oxygen atoms in total. The van der Waals surface area contributed by atoms with E-state index in [1.807, 2.05) is 41.8 Å². The van der Waals surface area contributed by atoms with Crippen LogP contribution in [0.1, 0.15) is 6.42 Å². The van der Waals surface area contributed by atoms with Gasteiger partial charge in [0.15, 0.2) is 0 Å². The molecular weight excluding hydrogens is 442 g/mol. The van der Waals surface area contributed by atoms with Crippen molar-refractivity contribution in [2.75, 3.05) is 31.0 Å². The molecule has 3 heterocycles. The van der Waals surface area contributed by atoms with Crippen molar-refractivity contribution in [2.24, 2.45) is 5.92 Å². The first-order valence-corrected chi connectivity index (χ1v) is 11.2. The number of nitrogens with one attached hydrogen (secondary N) is 1. The molecule has 1 saturated heterocycles. The number of thiazole rings is 1. The summed E-state index contributed by atoms with van der Waals surface area (Å²) in [5, 5.41) is 9.18. The van der Waals surface area contributed by atoms with Crippen LogP contribution in [0, 0.1) is 5.92 Å². The Hall–Kier alpha value is -3.92. The van der Waals surface area contributed by atoms with Crippen LogP contribution in [0.4, 0.5) is 11.6 Å². The first-order valence-electron chi connectivity index (χ1n) is 10.3. The molecule has 0 aliphatic carbocycles. The predicted molar refractivity (Wildman–Crippen MR) is 125 cm³/mol. The molecule has 1 atom stereocenters. The Morgan fingerprint density at radius 3 is 2.67 bits per heavy atom. The lowest BCUT2D eigenvalue weighted by molar-refractivity contribution is -0.122. The number of anilines is 2. The number of carbonyl (C=O) groups excluding carboxylic acids is 2. The molecule has 5 rings (SSSR count). The molecule has 33 heavy (non-hydrogen) atoms. The summed E-state index contributed by atoms with van der Waals surface area (Å²) < 4.78 is 12.3. The molecule has 1 fully saturated rings. The van der Waals surface area contributed by atoms with E-state index in [-0.39, 0.29) is 24.2 Å². The Bertz CT molecular complexity index is 1330. The zero-order valence-corrected chi connectivity index (χ0v) is 18.8. The molecule has 2 aromatic heterocycles. The Labute approximate surface area is 193 Å². The third kappa shape index (κ3) is 3.89. The van der Waals surface area contributed by atoms with Crippen LogP contribution in [0.5, 0.6) is 11.5 Å². The fraction of sp³-hybridized carbons (Fsp3) is 0.217. The molecular formula is C23H21N5O4S. The van der Waals surface area contributed by atoms with E-state index < -0.39 is 5.92 Å². The number of aromatic nitrogens is 3. The Morgan fingerprint density at radius 2 is 1.91 bits per heavy atom. The molecule has 4 aromatic rings. The maximum absolute atomic E-state index is 12.9. The average Bonchev–Trinajstić information content (AvgIpc) is 3.53. The lowest BCUT2D eigenvalue weighted by Crippen LogP contribution is -2.28. The molecule has 10 heteroatoms. The van der Waals surface area contributed by atoms with E-state index in [2.05, 4.69) is 15.4 Å². The van der Waals surface area contributed by atoms with Crippen molar-refractivity contribution in [2.45, 2.75) is 6.42 Å². The van der Waals surface area contributed by atoms with E-state index in [9.17, 15) is 9.59 Å². The van der Waals surface area contributed by atoms with Gasteiger partial charge in [-0.2, -0.15) is 4.98 Å². The fourth-order valence-electron chi connectivity index (χ4n) is 3.88. The molecule has 1 unspecified atom stereocenters. The van der Waals surface area contributed by atoms with Gasteiger partial charge in [-0.1, -0.05) is 12.1 Å². The van der Waals surface area contributed by atoms with E-state index in [1.165, 1.54) is 11.3 Å². The zero-order valence-electron chi connectivity index (χ0n) is 18.0. The highest BCUT2D eigenvalue weighted by molar-refractivity contribution is 7.15. The molecule has 0 spiro atoms. The third-order valence-corrected chi connectivity index (χ3v) is 6.40. The number of ether oxygens (including phenoxy) is 2. The van der Waals surface area contributed by atoms with Gasteiger partial charge in [0.25, 0.3) is 0 Å². The van der Waals surface area contributed by atoms with Gasteiger partial charge < -0.3 is 14.4 Å². The van der Waals surface area contributed by atoms with Gasteiger partial charge in [-0.25, -0.2) is 4.52 Å². The van der Waals surface area contributed by atoms with Crippen LogP contribution in [-0.2, 0) is 9.59 Å². The normalized spacial score (nSPS) is 15.8. The highest BCUT2D eigenvalue weighted by atomic mass is 32.1. The van der Waals surface area contributed by atoms with Crippen LogP contribution in [0.2, 0.25) is 0 Å². The molecule has 0 radical (unpaired) electrons. The van der Waals surface area contributed by atoms with Crippen LogP contribution >= 0.6 is 11.3 Å². The third-order valence-electron chi connectivity index (χ3n) is 5.58. The second kappa shape index (κ2) is 8.55. The van der Waals surface area contributed by atoms with Crippen LogP contribution in [-0.4, -0.2) is 47.2 Å². The number of nitrogens with zero attached hydrogens (tertiary/aromatic N) is 4. The smallest absolute Gasteiger partial charge is 0.250 e. The van der Waals surface area contributed by atoms with E-state index in [0.717, 1.165) is 22.7 Å².